The Morgan fingerprint density at radius 3 is 2.56 bits per heavy atom. The van der Waals surface area contributed by atoms with Crippen LogP contribution in [0.2, 0.25) is 0 Å². The zero-order valence-electron chi connectivity index (χ0n) is 19.5. The summed E-state index contributed by atoms with van der Waals surface area (Å²) < 4.78 is 0. The molecule has 2 aliphatic rings. The highest BCUT2D eigenvalue weighted by molar-refractivity contribution is 5.98. The van der Waals surface area contributed by atoms with Gasteiger partial charge in [0.1, 0.15) is 11.6 Å². The van der Waals surface area contributed by atoms with Gasteiger partial charge >= 0.3 is 0 Å². The molecule has 2 aliphatic heterocycles. The molecular formula is C26H37N5O. The first kappa shape index (κ1) is 22.7. The number of aromatic nitrogens is 2. The molecule has 1 unspecified atom stereocenters. The van der Waals surface area contributed by atoms with E-state index in [1.807, 2.05) is 11.0 Å². The van der Waals surface area contributed by atoms with E-state index in [1.165, 1.54) is 37.8 Å². The van der Waals surface area contributed by atoms with Crippen LogP contribution in [0.15, 0.2) is 36.5 Å². The van der Waals surface area contributed by atoms with Crippen molar-refractivity contribution in [2.24, 2.45) is 5.92 Å². The van der Waals surface area contributed by atoms with Crippen LogP contribution < -0.4 is 10.6 Å². The summed E-state index contributed by atoms with van der Waals surface area (Å²) in [4.78, 5) is 26.7. The van der Waals surface area contributed by atoms with E-state index in [2.05, 4.69) is 46.9 Å². The van der Waals surface area contributed by atoms with Crippen molar-refractivity contribution in [3.63, 3.8) is 0 Å². The molecule has 4 rings (SSSR count). The van der Waals surface area contributed by atoms with Gasteiger partial charge in [0.2, 0.25) is 5.91 Å². The van der Waals surface area contributed by atoms with E-state index in [-0.39, 0.29) is 11.8 Å². The van der Waals surface area contributed by atoms with Gasteiger partial charge in [0.25, 0.3) is 0 Å². The normalized spacial score (nSPS) is 23.9. The maximum atomic E-state index is 13.4. The van der Waals surface area contributed by atoms with Gasteiger partial charge in [-0.2, -0.15) is 0 Å². The van der Waals surface area contributed by atoms with Crippen molar-refractivity contribution in [2.45, 2.75) is 77.3 Å². The van der Waals surface area contributed by atoms with Gasteiger partial charge in [-0.1, -0.05) is 31.0 Å². The van der Waals surface area contributed by atoms with E-state index in [9.17, 15) is 4.79 Å². The predicted octanol–water partition coefficient (Wildman–Crippen LogP) is 4.24. The van der Waals surface area contributed by atoms with Crippen molar-refractivity contribution < 1.29 is 4.79 Å². The molecule has 1 saturated heterocycles. The third kappa shape index (κ3) is 5.29. The smallest absolute Gasteiger partial charge is 0.230 e. The summed E-state index contributed by atoms with van der Waals surface area (Å²) in [5.74, 6) is 1.15. The molecule has 1 amide bonds. The van der Waals surface area contributed by atoms with Crippen LogP contribution in [0.4, 0.5) is 11.5 Å². The number of nitrogens with two attached hydrogens (primary N) is 1. The molecule has 6 heteroatoms. The first-order valence-electron chi connectivity index (χ1n) is 12.3. The highest BCUT2D eigenvalue weighted by Gasteiger charge is 2.33. The lowest BCUT2D eigenvalue weighted by Gasteiger charge is -2.39. The number of likely N-dealkylation sites (tertiary alicyclic amines) is 1. The number of nitrogen functional groups attached to an aromatic ring is 1. The van der Waals surface area contributed by atoms with Gasteiger partial charge in [0.05, 0.1) is 0 Å². The maximum absolute atomic E-state index is 13.4. The lowest BCUT2D eigenvalue weighted by atomic mass is 9.89. The highest BCUT2D eigenvalue weighted by atomic mass is 16.2. The zero-order valence-corrected chi connectivity index (χ0v) is 19.5. The summed E-state index contributed by atoms with van der Waals surface area (Å²) >= 11 is 0. The topological polar surface area (TPSA) is 75.3 Å². The monoisotopic (exact) mass is 435 g/mol. The summed E-state index contributed by atoms with van der Waals surface area (Å²) in [6.45, 7) is 6.67. The van der Waals surface area contributed by atoms with Crippen LogP contribution in [-0.4, -0.2) is 45.9 Å². The molecule has 2 N–H and O–H groups in total. The fourth-order valence-electron chi connectivity index (χ4n) is 5.42. The Kier molecular flexibility index (Phi) is 7.40. The van der Waals surface area contributed by atoms with Crippen molar-refractivity contribution in [3.8, 4) is 0 Å². The summed E-state index contributed by atoms with van der Waals surface area (Å²) in [5.41, 5.74) is 8.12. The van der Waals surface area contributed by atoms with Crippen LogP contribution in [0, 0.1) is 5.92 Å². The van der Waals surface area contributed by atoms with E-state index in [0.717, 1.165) is 31.5 Å². The number of unbranched alkanes of at least 4 members (excludes halogenated alkanes) is 2. The number of benzene rings is 1. The lowest BCUT2D eigenvalue weighted by molar-refractivity contribution is -0.122. The summed E-state index contributed by atoms with van der Waals surface area (Å²) in [6, 6.07) is 11.4. The van der Waals surface area contributed by atoms with Crippen LogP contribution in [0.25, 0.3) is 0 Å². The van der Waals surface area contributed by atoms with E-state index in [4.69, 9.17) is 5.73 Å². The van der Waals surface area contributed by atoms with Gasteiger partial charge in [-0.25, -0.2) is 9.97 Å². The van der Waals surface area contributed by atoms with Crippen molar-refractivity contribution in [1.82, 2.24) is 14.9 Å². The lowest BCUT2D eigenvalue weighted by Crippen LogP contribution is -2.44. The second-order valence-corrected chi connectivity index (χ2v) is 9.55. The predicted molar refractivity (Wildman–Crippen MR) is 129 cm³/mol. The van der Waals surface area contributed by atoms with Gasteiger partial charge < -0.3 is 10.6 Å². The first-order valence-corrected chi connectivity index (χ1v) is 12.3. The Morgan fingerprint density at radius 2 is 1.78 bits per heavy atom. The van der Waals surface area contributed by atoms with Crippen molar-refractivity contribution in [2.75, 3.05) is 23.7 Å². The van der Waals surface area contributed by atoms with Crippen LogP contribution in [0.3, 0.4) is 0 Å². The molecule has 3 heterocycles. The summed E-state index contributed by atoms with van der Waals surface area (Å²) in [7, 11) is 0. The third-order valence-corrected chi connectivity index (χ3v) is 7.19. The van der Waals surface area contributed by atoms with Gasteiger partial charge in [-0.3, -0.25) is 9.69 Å². The first-order chi connectivity index (χ1) is 15.5. The Balaban J connectivity index is 1.35. The number of anilines is 2. The minimum absolute atomic E-state index is 0.137. The molecule has 1 aromatic heterocycles. The van der Waals surface area contributed by atoms with Crippen LogP contribution in [0.1, 0.15) is 63.8 Å². The average molecular weight is 436 g/mol. The third-order valence-electron chi connectivity index (χ3n) is 7.19. The number of hydrogen-bond acceptors (Lipinski definition) is 5. The van der Waals surface area contributed by atoms with E-state index < -0.39 is 0 Å². The number of nitrogens with zero attached hydrogens (tertiary/aromatic N) is 4. The van der Waals surface area contributed by atoms with E-state index >= 15 is 0 Å². The molecule has 2 aromatic rings. The minimum Gasteiger partial charge on any atom is -0.384 e. The Hall–Kier alpha value is -2.47. The second kappa shape index (κ2) is 10.4. The number of fused-ring (bicyclic) bond motifs is 1. The van der Waals surface area contributed by atoms with E-state index in [0.29, 0.717) is 30.1 Å². The van der Waals surface area contributed by atoms with Crippen LogP contribution in [0.5, 0.6) is 0 Å². The fourth-order valence-corrected chi connectivity index (χ4v) is 5.42. The number of carbonyl (C=O) groups excluding carboxylic acids is 1. The molecule has 3 atom stereocenters. The van der Waals surface area contributed by atoms with Crippen molar-refractivity contribution in [1.29, 1.82) is 0 Å². The molecule has 0 spiro atoms. The molecular weight excluding hydrogens is 398 g/mol. The fraction of sp³-hybridized carbons (Fsp3) is 0.577. The zero-order chi connectivity index (χ0) is 22.5. The van der Waals surface area contributed by atoms with Gasteiger partial charge in [-0.15, -0.1) is 0 Å². The van der Waals surface area contributed by atoms with Crippen molar-refractivity contribution >= 4 is 17.4 Å². The number of hydrogen-bond donors (Lipinski definition) is 1. The number of carbonyl (C=O) groups is 1. The maximum Gasteiger partial charge on any atom is 0.230 e. The van der Waals surface area contributed by atoms with Gasteiger partial charge in [-0.05, 0) is 70.2 Å². The SMILES string of the molecule is C[C@@H]1CCC[C@H](C)N1CCCCCN1C(=O)C(Cc2nccc(N)n2)Cc2ccccc21. The van der Waals surface area contributed by atoms with Crippen LogP contribution >= 0.6 is 0 Å². The van der Waals surface area contributed by atoms with Crippen molar-refractivity contribution in [3.05, 3.63) is 47.9 Å². The van der Waals surface area contributed by atoms with Crippen LogP contribution in [-0.2, 0) is 17.6 Å². The molecule has 32 heavy (non-hydrogen) atoms. The van der Waals surface area contributed by atoms with E-state index in [1.54, 1.807) is 12.3 Å². The molecule has 6 nitrogen and oxygen atoms in total. The Morgan fingerprint density at radius 1 is 1.03 bits per heavy atom. The average Bonchev–Trinajstić information content (AvgIpc) is 2.77. The molecule has 0 bridgehead atoms. The number of piperidine rings is 1. The largest absolute Gasteiger partial charge is 0.384 e. The van der Waals surface area contributed by atoms with Gasteiger partial charge in [0, 0.05) is 42.9 Å². The number of rotatable bonds is 8. The molecule has 1 aromatic carbocycles. The summed E-state index contributed by atoms with van der Waals surface area (Å²) in [5, 5.41) is 0. The minimum atomic E-state index is -0.137. The molecule has 1 fully saturated rings. The molecule has 0 saturated carbocycles. The molecule has 0 radical (unpaired) electrons. The second-order valence-electron chi connectivity index (χ2n) is 9.55. The Labute approximate surface area is 192 Å². The summed E-state index contributed by atoms with van der Waals surface area (Å²) in [6.07, 6.45) is 10.3. The quantitative estimate of drug-likeness (QED) is 0.628. The molecule has 0 aliphatic carbocycles. The standard InChI is InChI=1S/C26H37N5O/c1-19-9-8-10-20(2)30(19)15-6-3-7-16-31-23-12-5-4-11-21(23)17-22(26(31)32)18-25-28-14-13-24(27)29-25/h4-5,11-14,19-20,22H,3,6-10,15-18H2,1-2H3,(H2,27,28,29)/t19-,20+,22?. The molecule has 172 valence electrons. The van der Waals surface area contributed by atoms with Gasteiger partial charge in [0.15, 0.2) is 0 Å². The highest BCUT2D eigenvalue weighted by Crippen LogP contribution is 2.32. The number of para-hydroxylation sites is 1. The Bertz CT molecular complexity index is 907. The number of amides is 1.